The number of pyridine rings is 1. The molecule has 0 saturated carbocycles. The molecule has 19 heavy (non-hydrogen) atoms. The first kappa shape index (κ1) is 11.9. The third-order valence-electron chi connectivity index (χ3n) is 2.57. The summed E-state index contributed by atoms with van der Waals surface area (Å²) in [5.74, 6) is 0.174. The Hall–Kier alpha value is -2.21. The summed E-state index contributed by atoms with van der Waals surface area (Å²) in [4.78, 5) is 23.3. The molecule has 5 nitrogen and oxygen atoms in total. The van der Waals surface area contributed by atoms with Gasteiger partial charge in [-0.3, -0.25) is 10.1 Å². The summed E-state index contributed by atoms with van der Waals surface area (Å²) in [5.41, 5.74) is 1.90. The number of nitrogens with zero attached hydrogens (tertiary/aromatic N) is 2. The quantitative estimate of drug-likeness (QED) is 0.763. The minimum Gasteiger partial charge on any atom is -0.322 e. The van der Waals surface area contributed by atoms with Gasteiger partial charge in [-0.25, -0.2) is 4.98 Å². The van der Waals surface area contributed by atoms with E-state index in [0.717, 1.165) is 9.99 Å². The van der Waals surface area contributed by atoms with Crippen LogP contribution in [0.2, 0.25) is 0 Å². The van der Waals surface area contributed by atoms with Crippen molar-refractivity contribution < 1.29 is 4.79 Å². The highest BCUT2D eigenvalue weighted by atomic mass is 79.9. The van der Waals surface area contributed by atoms with E-state index in [9.17, 15) is 4.79 Å². The lowest BCUT2D eigenvalue weighted by molar-refractivity contribution is 0.102. The molecule has 6 heteroatoms. The Bertz CT molecular complexity index is 739. The van der Waals surface area contributed by atoms with Crippen LogP contribution >= 0.6 is 15.9 Å². The van der Waals surface area contributed by atoms with Crippen LogP contribution in [0, 0.1) is 0 Å². The normalized spacial score (nSPS) is 10.6. The lowest BCUT2D eigenvalue weighted by Crippen LogP contribution is -2.12. The number of amides is 1. The average molecular weight is 317 g/mol. The molecule has 0 aliphatic heterocycles. The number of rotatable bonds is 2. The van der Waals surface area contributed by atoms with E-state index in [1.807, 2.05) is 24.3 Å². The third kappa shape index (κ3) is 2.48. The highest BCUT2D eigenvalue weighted by molar-refractivity contribution is 9.10. The molecule has 0 atom stereocenters. The fourth-order valence-corrected chi connectivity index (χ4v) is 2.03. The number of aromatic amines is 1. The number of halogens is 1. The van der Waals surface area contributed by atoms with Crippen LogP contribution in [0.3, 0.4) is 0 Å². The Morgan fingerprint density at radius 3 is 2.84 bits per heavy atom. The van der Waals surface area contributed by atoms with Gasteiger partial charge < -0.3 is 4.98 Å². The number of nitrogens with one attached hydrogen (secondary N) is 2. The summed E-state index contributed by atoms with van der Waals surface area (Å²) in [6.07, 6.45) is 1.66. The summed E-state index contributed by atoms with van der Waals surface area (Å²) in [6.45, 7) is 0. The van der Waals surface area contributed by atoms with Crippen molar-refractivity contribution >= 4 is 38.9 Å². The van der Waals surface area contributed by atoms with E-state index >= 15 is 0 Å². The molecule has 94 valence electrons. The van der Waals surface area contributed by atoms with Crippen molar-refractivity contribution in [2.24, 2.45) is 0 Å². The van der Waals surface area contributed by atoms with E-state index in [4.69, 9.17) is 0 Å². The van der Waals surface area contributed by atoms with E-state index in [1.165, 1.54) is 0 Å². The van der Waals surface area contributed by atoms with Gasteiger partial charge in [0.25, 0.3) is 5.91 Å². The monoisotopic (exact) mass is 316 g/mol. The number of aromatic nitrogens is 3. The fraction of sp³-hybridized carbons (Fsp3) is 0. The Kier molecular flexibility index (Phi) is 3.00. The summed E-state index contributed by atoms with van der Waals surface area (Å²) in [7, 11) is 0. The van der Waals surface area contributed by atoms with Gasteiger partial charge in [0.2, 0.25) is 5.95 Å². The van der Waals surface area contributed by atoms with Crippen molar-refractivity contribution in [3.05, 3.63) is 52.6 Å². The van der Waals surface area contributed by atoms with Gasteiger partial charge in [-0.2, -0.15) is 4.98 Å². The molecule has 2 aromatic heterocycles. The third-order valence-corrected chi connectivity index (χ3v) is 3.01. The number of imidazole rings is 1. The molecule has 0 bridgehead atoms. The van der Waals surface area contributed by atoms with Crippen LogP contribution in [0.5, 0.6) is 0 Å². The number of benzene rings is 1. The highest BCUT2D eigenvalue weighted by Gasteiger charge is 2.09. The number of H-pyrrole nitrogens is 1. The summed E-state index contributed by atoms with van der Waals surface area (Å²) in [5, 5.41) is 2.71. The number of fused-ring (bicyclic) bond motifs is 1. The molecule has 3 aromatic rings. The lowest BCUT2D eigenvalue weighted by atomic mass is 10.2. The second kappa shape index (κ2) is 4.81. The summed E-state index contributed by atoms with van der Waals surface area (Å²) in [6, 6.07) is 10.8. The molecule has 2 heterocycles. The second-order valence-electron chi connectivity index (χ2n) is 3.93. The van der Waals surface area contributed by atoms with Crippen molar-refractivity contribution in [1.29, 1.82) is 0 Å². The van der Waals surface area contributed by atoms with Crippen molar-refractivity contribution in [3.63, 3.8) is 0 Å². The zero-order valence-corrected chi connectivity index (χ0v) is 11.3. The predicted molar refractivity (Wildman–Crippen MR) is 76.0 cm³/mol. The smallest absolute Gasteiger partial charge is 0.257 e. The second-order valence-corrected chi connectivity index (χ2v) is 4.85. The first-order valence-electron chi connectivity index (χ1n) is 5.60. The van der Waals surface area contributed by atoms with Crippen LogP contribution in [-0.2, 0) is 0 Å². The predicted octanol–water partition coefficient (Wildman–Crippen LogP) is 2.97. The molecular formula is C13H9BrN4O. The molecule has 2 N–H and O–H groups in total. The maximum absolute atomic E-state index is 12.0. The van der Waals surface area contributed by atoms with Crippen LogP contribution < -0.4 is 5.32 Å². The van der Waals surface area contributed by atoms with Crippen LogP contribution in [0.1, 0.15) is 10.4 Å². The van der Waals surface area contributed by atoms with Crippen LogP contribution in [0.25, 0.3) is 11.2 Å². The van der Waals surface area contributed by atoms with Gasteiger partial charge in [-0.15, -0.1) is 0 Å². The van der Waals surface area contributed by atoms with E-state index in [-0.39, 0.29) is 5.91 Å². The minimum atomic E-state index is -0.210. The molecule has 0 aliphatic carbocycles. The first-order valence-corrected chi connectivity index (χ1v) is 6.39. The van der Waals surface area contributed by atoms with Crippen molar-refractivity contribution in [3.8, 4) is 0 Å². The van der Waals surface area contributed by atoms with E-state index in [0.29, 0.717) is 17.2 Å². The molecule has 0 radical (unpaired) electrons. The van der Waals surface area contributed by atoms with Crippen molar-refractivity contribution in [1.82, 2.24) is 15.0 Å². The van der Waals surface area contributed by atoms with Gasteiger partial charge in [0, 0.05) is 16.2 Å². The highest BCUT2D eigenvalue weighted by Crippen LogP contribution is 2.17. The molecule has 0 spiro atoms. The number of carbonyl (C=O) groups excluding carboxylic acids is 1. The van der Waals surface area contributed by atoms with E-state index in [1.54, 1.807) is 18.3 Å². The fourth-order valence-electron chi connectivity index (χ4n) is 1.70. The van der Waals surface area contributed by atoms with Crippen molar-refractivity contribution in [2.75, 3.05) is 5.32 Å². The molecule has 0 saturated heterocycles. The van der Waals surface area contributed by atoms with E-state index < -0.39 is 0 Å². The van der Waals surface area contributed by atoms with Gasteiger partial charge in [0.1, 0.15) is 0 Å². The number of anilines is 1. The van der Waals surface area contributed by atoms with Gasteiger partial charge in [-0.1, -0.05) is 18.2 Å². The lowest BCUT2D eigenvalue weighted by Gasteiger charge is -2.00. The maximum atomic E-state index is 12.0. The molecule has 0 unspecified atom stereocenters. The Morgan fingerprint density at radius 2 is 2.05 bits per heavy atom. The van der Waals surface area contributed by atoms with Crippen LogP contribution in [-0.4, -0.2) is 20.9 Å². The zero-order chi connectivity index (χ0) is 13.2. The molecule has 0 fully saturated rings. The summed E-state index contributed by atoms with van der Waals surface area (Å²) >= 11 is 3.33. The minimum absolute atomic E-state index is 0.210. The van der Waals surface area contributed by atoms with Gasteiger partial charge in [0.05, 0.1) is 5.52 Å². The molecule has 3 rings (SSSR count). The van der Waals surface area contributed by atoms with Gasteiger partial charge in [-0.05, 0) is 34.1 Å². The van der Waals surface area contributed by atoms with Gasteiger partial charge >= 0.3 is 0 Å². The SMILES string of the molecule is O=C(Nc1nc2ncc(Br)cc2[nH]1)c1ccccc1. The van der Waals surface area contributed by atoms with Crippen LogP contribution in [0.4, 0.5) is 5.95 Å². The number of hydrogen-bond donors (Lipinski definition) is 2. The first-order chi connectivity index (χ1) is 9.22. The molecule has 1 aromatic carbocycles. The standard InChI is InChI=1S/C13H9BrN4O/c14-9-6-10-11(15-7-9)17-13(16-10)18-12(19)8-4-2-1-3-5-8/h1-7H,(H2,15,16,17,18,19). The number of hydrogen-bond acceptors (Lipinski definition) is 3. The average Bonchev–Trinajstić information content (AvgIpc) is 2.81. The van der Waals surface area contributed by atoms with Crippen molar-refractivity contribution in [2.45, 2.75) is 0 Å². The molecular weight excluding hydrogens is 308 g/mol. The topological polar surface area (TPSA) is 70.7 Å². The van der Waals surface area contributed by atoms with E-state index in [2.05, 4.69) is 36.2 Å². The Labute approximate surface area is 117 Å². The Balaban J connectivity index is 1.87. The number of carbonyl (C=O) groups is 1. The molecule has 0 aliphatic rings. The maximum Gasteiger partial charge on any atom is 0.257 e. The molecule has 1 amide bonds. The van der Waals surface area contributed by atoms with Crippen LogP contribution in [0.15, 0.2) is 47.1 Å². The Morgan fingerprint density at radius 1 is 1.26 bits per heavy atom. The summed E-state index contributed by atoms with van der Waals surface area (Å²) < 4.78 is 0.851. The van der Waals surface area contributed by atoms with Gasteiger partial charge in [0.15, 0.2) is 5.65 Å². The zero-order valence-electron chi connectivity index (χ0n) is 9.72. The largest absolute Gasteiger partial charge is 0.322 e.